The number of nitrogens with zero attached hydrogens (tertiary/aromatic N) is 2. The van der Waals surface area contributed by atoms with E-state index in [2.05, 4.69) is 37.1 Å². The number of piperidine rings is 1. The van der Waals surface area contributed by atoms with E-state index in [1.165, 1.54) is 11.3 Å². The smallest absolute Gasteiger partial charge is 0.0991 e. The zero-order valence-electron chi connectivity index (χ0n) is 11.3. The molecule has 2 nitrogen and oxygen atoms in total. The van der Waals surface area contributed by atoms with Gasteiger partial charge in [-0.15, -0.1) is 0 Å². The average molecular weight is 250 g/mol. The molecule has 0 aromatic heterocycles. The number of hydrogen-bond donors (Lipinski definition) is 0. The predicted molar refractivity (Wildman–Crippen MR) is 78.1 cm³/mol. The Balaban J connectivity index is 2.40. The van der Waals surface area contributed by atoms with Gasteiger partial charge in [-0.3, -0.25) is 0 Å². The van der Waals surface area contributed by atoms with Crippen LogP contribution in [0.4, 0.5) is 0 Å². The van der Waals surface area contributed by atoms with E-state index in [-0.39, 0.29) is 6.04 Å². The maximum Gasteiger partial charge on any atom is 0.0991 e. The topological polar surface area (TPSA) is 27.0 Å². The van der Waals surface area contributed by atoms with Crippen LogP contribution < -0.4 is 0 Å². The molecule has 1 saturated heterocycles. The van der Waals surface area contributed by atoms with Crippen molar-refractivity contribution in [3.63, 3.8) is 0 Å². The average Bonchev–Trinajstić information content (AvgIpc) is 2.47. The molecule has 2 rings (SSSR count). The Bertz CT molecular complexity index is 558. The molecule has 1 heterocycles. The van der Waals surface area contributed by atoms with Gasteiger partial charge < -0.3 is 4.90 Å². The van der Waals surface area contributed by atoms with Gasteiger partial charge >= 0.3 is 0 Å². The van der Waals surface area contributed by atoms with Crippen LogP contribution in [0.2, 0.25) is 0 Å². The quantitative estimate of drug-likeness (QED) is 0.732. The highest BCUT2D eigenvalue weighted by atomic mass is 15.2. The van der Waals surface area contributed by atoms with E-state index in [0.29, 0.717) is 5.56 Å². The molecule has 1 aromatic rings. The fraction of sp³-hybridized carbons (Fsp3) is 0.235. The zero-order valence-corrected chi connectivity index (χ0v) is 11.3. The third-order valence-corrected chi connectivity index (χ3v) is 3.58. The fourth-order valence-electron chi connectivity index (χ4n) is 2.57. The van der Waals surface area contributed by atoms with E-state index < -0.39 is 0 Å². The maximum absolute atomic E-state index is 8.87. The Morgan fingerprint density at radius 3 is 2.53 bits per heavy atom. The van der Waals surface area contributed by atoms with Gasteiger partial charge in [0, 0.05) is 5.70 Å². The molecule has 1 aliphatic heterocycles. The first-order valence-electron chi connectivity index (χ1n) is 6.45. The lowest BCUT2D eigenvalue weighted by Gasteiger charge is -2.38. The van der Waals surface area contributed by atoms with Gasteiger partial charge in [-0.05, 0) is 49.2 Å². The van der Waals surface area contributed by atoms with Gasteiger partial charge in [0.2, 0.25) is 0 Å². The van der Waals surface area contributed by atoms with Crippen LogP contribution in [0.25, 0.3) is 0 Å². The fourth-order valence-corrected chi connectivity index (χ4v) is 2.57. The van der Waals surface area contributed by atoms with Crippen LogP contribution in [-0.2, 0) is 0 Å². The van der Waals surface area contributed by atoms with Crippen LogP contribution in [0, 0.1) is 11.3 Å². The number of rotatable bonds is 2. The Morgan fingerprint density at radius 1 is 1.32 bits per heavy atom. The first-order valence-corrected chi connectivity index (χ1v) is 6.45. The Hall–Kier alpha value is -2.27. The van der Waals surface area contributed by atoms with Crippen molar-refractivity contribution in [3.8, 4) is 6.07 Å². The van der Waals surface area contributed by atoms with Gasteiger partial charge in [0.25, 0.3) is 0 Å². The maximum atomic E-state index is 8.87. The summed E-state index contributed by atoms with van der Waals surface area (Å²) in [5, 5.41) is 8.87. The van der Waals surface area contributed by atoms with Gasteiger partial charge in [0.05, 0.1) is 17.7 Å². The predicted octanol–water partition coefficient (Wildman–Crippen LogP) is 4.30. The van der Waals surface area contributed by atoms with Crippen LogP contribution in [0.15, 0.2) is 61.0 Å². The van der Waals surface area contributed by atoms with Crippen molar-refractivity contribution >= 4 is 0 Å². The molecule has 1 fully saturated rings. The summed E-state index contributed by atoms with van der Waals surface area (Å²) in [6.45, 7) is 10.2. The summed E-state index contributed by atoms with van der Waals surface area (Å²) in [5.41, 5.74) is 4.30. The van der Waals surface area contributed by atoms with Gasteiger partial charge in [-0.2, -0.15) is 5.26 Å². The molecular weight excluding hydrogens is 232 g/mol. The molecule has 1 atom stereocenters. The van der Waals surface area contributed by atoms with E-state index in [9.17, 15) is 0 Å². The Kier molecular flexibility index (Phi) is 3.87. The minimum Gasteiger partial charge on any atom is -0.341 e. The number of benzene rings is 1. The Labute approximate surface area is 115 Å². The van der Waals surface area contributed by atoms with Crippen LogP contribution in [0.3, 0.4) is 0 Å². The van der Waals surface area contributed by atoms with Crippen LogP contribution in [0.1, 0.15) is 36.9 Å². The van der Waals surface area contributed by atoms with Gasteiger partial charge in [-0.25, -0.2) is 0 Å². The molecule has 19 heavy (non-hydrogen) atoms. The minimum absolute atomic E-state index is 0.130. The monoisotopic (exact) mass is 250 g/mol. The van der Waals surface area contributed by atoms with E-state index in [1.54, 1.807) is 0 Å². The third-order valence-electron chi connectivity index (χ3n) is 3.58. The second kappa shape index (κ2) is 5.58. The van der Waals surface area contributed by atoms with Crippen LogP contribution in [-0.4, -0.2) is 4.90 Å². The molecule has 0 bridgehead atoms. The molecule has 1 aliphatic rings. The second-order valence-corrected chi connectivity index (χ2v) is 4.66. The number of hydrogen-bond acceptors (Lipinski definition) is 2. The lowest BCUT2D eigenvalue weighted by atomic mass is 9.89. The molecule has 2 heteroatoms. The molecule has 0 N–H and O–H groups in total. The summed E-state index contributed by atoms with van der Waals surface area (Å²) in [7, 11) is 0. The van der Waals surface area contributed by atoms with E-state index in [4.69, 9.17) is 5.26 Å². The lowest BCUT2D eigenvalue weighted by molar-refractivity contribution is 0.337. The molecular formula is C17H18N2. The highest BCUT2D eigenvalue weighted by molar-refractivity contribution is 5.38. The van der Waals surface area contributed by atoms with Crippen LogP contribution in [0.5, 0.6) is 0 Å². The molecule has 0 aliphatic carbocycles. The highest BCUT2D eigenvalue weighted by Gasteiger charge is 2.27. The van der Waals surface area contributed by atoms with Crippen molar-refractivity contribution in [1.29, 1.82) is 5.26 Å². The van der Waals surface area contributed by atoms with E-state index in [1.807, 2.05) is 30.5 Å². The zero-order chi connectivity index (χ0) is 13.8. The van der Waals surface area contributed by atoms with Crippen molar-refractivity contribution in [1.82, 2.24) is 4.90 Å². The first kappa shape index (κ1) is 13.2. The van der Waals surface area contributed by atoms with Crippen molar-refractivity contribution in [3.05, 3.63) is 72.1 Å². The summed E-state index contributed by atoms with van der Waals surface area (Å²) in [4.78, 5) is 2.17. The summed E-state index contributed by atoms with van der Waals surface area (Å²) in [6, 6.07) is 9.99. The standard InChI is InChI=1S/C17H18N2/c1-4-16-11-6-13(3)17(19(16)5-2)15-9-7-14(12-18)8-10-15/h4-5,7-10,17H,2-3,6,11H2,1H3/b16-4-. The summed E-state index contributed by atoms with van der Waals surface area (Å²) < 4.78 is 0. The van der Waals surface area contributed by atoms with Gasteiger partial charge in [0.1, 0.15) is 0 Å². The summed E-state index contributed by atoms with van der Waals surface area (Å²) in [5.74, 6) is 0. The van der Waals surface area contributed by atoms with Crippen molar-refractivity contribution in [2.75, 3.05) is 0 Å². The summed E-state index contributed by atoms with van der Waals surface area (Å²) in [6.07, 6.45) is 6.00. The normalized spacial score (nSPS) is 21.3. The van der Waals surface area contributed by atoms with Crippen LogP contribution >= 0.6 is 0 Å². The molecule has 1 unspecified atom stereocenters. The largest absolute Gasteiger partial charge is 0.341 e. The van der Waals surface area contributed by atoms with E-state index in [0.717, 1.165) is 18.4 Å². The van der Waals surface area contributed by atoms with Gasteiger partial charge in [0.15, 0.2) is 0 Å². The summed E-state index contributed by atoms with van der Waals surface area (Å²) >= 11 is 0. The first-order chi connectivity index (χ1) is 9.21. The molecule has 0 saturated carbocycles. The number of allylic oxidation sites excluding steroid dienone is 2. The Morgan fingerprint density at radius 2 is 2.00 bits per heavy atom. The molecule has 0 spiro atoms. The highest BCUT2D eigenvalue weighted by Crippen LogP contribution is 2.39. The number of likely N-dealkylation sites (tertiary alicyclic amines) is 1. The second-order valence-electron chi connectivity index (χ2n) is 4.66. The van der Waals surface area contributed by atoms with E-state index >= 15 is 0 Å². The molecule has 0 amide bonds. The molecule has 0 radical (unpaired) electrons. The minimum atomic E-state index is 0.130. The third kappa shape index (κ3) is 2.46. The molecule has 1 aromatic carbocycles. The molecule has 96 valence electrons. The lowest BCUT2D eigenvalue weighted by Crippen LogP contribution is -2.28. The van der Waals surface area contributed by atoms with Crippen molar-refractivity contribution in [2.45, 2.75) is 25.8 Å². The van der Waals surface area contributed by atoms with Crippen molar-refractivity contribution in [2.24, 2.45) is 0 Å². The SMILES string of the molecule is C=CN1/C(=C\C)CCC(=C)C1c1ccc(C#N)cc1. The number of nitriles is 1. The van der Waals surface area contributed by atoms with Crippen molar-refractivity contribution < 1.29 is 0 Å². The van der Waals surface area contributed by atoms with Gasteiger partial charge in [-0.1, -0.05) is 31.4 Å².